The summed E-state index contributed by atoms with van der Waals surface area (Å²) in [5.74, 6) is -0.532. The lowest BCUT2D eigenvalue weighted by atomic mass is 10.1. The molecule has 1 N–H and O–H groups in total. The zero-order valence-electron chi connectivity index (χ0n) is 18.5. The summed E-state index contributed by atoms with van der Waals surface area (Å²) in [6.45, 7) is 2.06. The van der Waals surface area contributed by atoms with Crippen molar-refractivity contribution in [2.75, 3.05) is 37.1 Å². The van der Waals surface area contributed by atoms with Crippen molar-refractivity contribution in [3.63, 3.8) is 0 Å². The third-order valence-electron chi connectivity index (χ3n) is 5.27. The minimum absolute atomic E-state index is 0.0275. The van der Waals surface area contributed by atoms with Gasteiger partial charge in [-0.15, -0.1) is 0 Å². The number of hydrogen-bond acceptors (Lipinski definition) is 6. The molecule has 2 aromatic carbocycles. The van der Waals surface area contributed by atoms with Gasteiger partial charge < -0.3 is 19.7 Å². The van der Waals surface area contributed by atoms with Crippen molar-refractivity contribution < 1.29 is 31.9 Å². The van der Waals surface area contributed by atoms with E-state index in [1.807, 2.05) is 6.92 Å². The highest BCUT2D eigenvalue weighted by Gasteiger charge is 2.34. The second-order valence-corrected chi connectivity index (χ2v) is 9.99. The molecule has 0 aromatic heterocycles. The van der Waals surface area contributed by atoms with Crippen molar-refractivity contribution in [2.24, 2.45) is 0 Å². The highest BCUT2D eigenvalue weighted by molar-refractivity contribution is 7.91. The normalized spacial score (nSPS) is 16.8. The van der Waals surface area contributed by atoms with Gasteiger partial charge in [0.25, 0.3) is 11.8 Å². The fourth-order valence-electron chi connectivity index (χ4n) is 3.67. The number of hydrogen-bond donors (Lipinski definition) is 1. The van der Waals surface area contributed by atoms with Crippen LogP contribution in [0.5, 0.6) is 11.5 Å². The number of nitrogens with one attached hydrogen (secondary N) is 1. The standard InChI is InChI=1S/C23H27FN2O6S/c1-3-11-26(19-10-12-33(29,30)15-19)23(28)16-4-9-20(21(13-16)31-2)32-14-22(27)25-18-7-5-17(24)6-8-18/h4-9,13,19H,3,10-12,14-15H2,1-2H3,(H,25,27). The van der Waals surface area contributed by atoms with Crippen molar-refractivity contribution >= 4 is 27.3 Å². The van der Waals surface area contributed by atoms with Crippen LogP contribution in [0.4, 0.5) is 10.1 Å². The number of carbonyl (C=O) groups is 2. The molecule has 1 heterocycles. The number of anilines is 1. The maximum absolute atomic E-state index is 13.1. The summed E-state index contributed by atoms with van der Waals surface area (Å²) in [4.78, 5) is 26.9. The summed E-state index contributed by atoms with van der Waals surface area (Å²) in [6.07, 6.45) is 1.12. The molecule has 3 rings (SSSR count). The minimum atomic E-state index is -3.13. The van der Waals surface area contributed by atoms with Gasteiger partial charge in [-0.1, -0.05) is 6.92 Å². The number of nitrogens with zero attached hydrogens (tertiary/aromatic N) is 1. The van der Waals surface area contributed by atoms with E-state index in [0.717, 1.165) is 0 Å². The van der Waals surface area contributed by atoms with Gasteiger partial charge in [-0.2, -0.15) is 0 Å². The number of halogens is 1. The lowest BCUT2D eigenvalue weighted by molar-refractivity contribution is -0.118. The zero-order chi connectivity index (χ0) is 24.0. The van der Waals surface area contributed by atoms with E-state index in [0.29, 0.717) is 30.6 Å². The molecular formula is C23H27FN2O6S. The van der Waals surface area contributed by atoms with Crippen LogP contribution in [0.25, 0.3) is 0 Å². The predicted molar refractivity (Wildman–Crippen MR) is 122 cm³/mol. The minimum Gasteiger partial charge on any atom is -0.493 e. The molecule has 1 fully saturated rings. The summed E-state index contributed by atoms with van der Waals surface area (Å²) in [6, 6.07) is 9.60. The van der Waals surface area contributed by atoms with Crippen molar-refractivity contribution in [3.05, 3.63) is 53.8 Å². The van der Waals surface area contributed by atoms with Crippen LogP contribution in [0.15, 0.2) is 42.5 Å². The van der Waals surface area contributed by atoms with Crippen LogP contribution in [0.1, 0.15) is 30.1 Å². The third-order valence-corrected chi connectivity index (χ3v) is 7.02. The van der Waals surface area contributed by atoms with Gasteiger partial charge in [-0.05, 0) is 55.3 Å². The Hall–Kier alpha value is -3.14. The largest absolute Gasteiger partial charge is 0.493 e. The molecule has 1 aliphatic heterocycles. The Labute approximate surface area is 192 Å². The molecule has 2 amide bonds. The fraction of sp³-hybridized carbons (Fsp3) is 0.391. The van der Waals surface area contributed by atoms with Crippen LogP contribution in [0.2, 0.25) is 0 Å². The molecule has 178 valence electrons. The lowest BCUT2D eigenvalue weighted by Gasteiger charge is -2.28. The number of methoxy groups -OCH3 is 1. The first-order valence-electron chi connectivity index (χ1n) is 10.6. The molecule has 1 unspecified atom stereocenters. The van der Waals surface area contributed by atoms with E-state index < -0.39 is 21.6 Å². The Morgan fingerprint density at radius 1 is 1.15 bits per heavy atom. The van der Waals surface area contributed by atoms with Gasteiger partial charge in [0.15, 0.2) is 27.9 Å². The van der Waals surface area contributed by atoms with Gasteiger partial charge in [-0.3, -0.25) is 9.59 Å². The molecule has 1 atom stereocenters. The Morgan fingerprint density at radius 3 is 2.48 bits per heavy atom. The maximum Gasteiger partial charge on any atom is 0.262 e. The molecule has 0 saturated carbocycles. The first-order chi connectivity index (χ1) is 15.7. The number of rotatable bonds is 9. The number of benzene rings is 2. The quantitative estimate of drug-likeness (QED) is 0.595. The van der Waals surface area contributed by atoms with Crippen molar-refractivity contribution in [1.82, 2.24) is 4.90 Å². The van der Waals surface area contributed by atoms with E-state index in [1.165, 1.54) is 43.5 Å². The van der Waals surface area contributed by atoms with Crippen LogP contribution >= 0.6 is 0 Å². The fourth-order valence-corrected chi connectivity index (χ4v) is 5.40. The van der Waals surface area contributed by atoms with Gasteiger partial charge in [0.2, 0.25) is 0 Å². The summed E-state index contributed by atoms with van der Waals surface area (Å²) in [5, 5.41) is 2.59. The predicted octanol–water partition coefficient (Wildman–Crippen LogP) is 2.89. The van der Waals surface area contributed by atoms with Crippen molar-refractivity contribution in [2.45, 2.75) is 25.8 Å². The molecule has 2 aromatic rings. The Balaban J connectivity index is 1.68. The van der Waals surface area contributed by atoms with E-state index >= 15 is 0 Å². The lowest BCUT2D eigenvalue weighted by Crippen LogP contribution is -2.41. The molecule has 0 spiro atoms. The highest BCUT2D eigenvalue weighted by Crippen LogP contribution is 2.29. The smallest absolute Gasteiger partial charge is 0.262 e. The van der Waals surface area contributed by atoms with Gasteiger partial charge in [0.05, 0.1) is 18.6 Å². The van der Waals surface area contributed by atoms with Crippen LogP contribution in [0.3, 0.4) is 0 Å². The third kappa shape index (κ3) is 6.44. The van der Waals surface area contributed by atoms with Gasteiger partial charge in [0, 0.05) is 23.8 Å². The van der Waals surface area contributed by atoms with E-state index in [2.05, 4.69) is 5.32 Å². The monoisotopic (exact) mass is 478 g/mol. The molecule has 8 nitrogen and oxygen atoms in total. The molecule has 1 saturated heterocycles. The molecule has 0 radical (unpaired) electrons. The summed E-state index contributed by atoms with van der Waals surface area (Å²) in [7, 11) is -1.71. The Bertz CT molecular complexity index is 1100. The van der Waals surface area contributed by atoms with Crippen LogP contribution in [-0.2, 0) is 14.6 Å². The second kappa shape index (κ2) is 10.7. The topological polar surface area (TPSA) is 102 Å². The molecule has 33 heavy (non-hydrogen) atoms. The SMILES string of the molecule is CCCN(C(=O)c1ccc(OCC(=O)Nc2ccc(F)cc2)c(OC)c1)C1CCS(=O)(=O)C1. The van der Waals surface area contributed by atoms with E-state index in [4.69, 9.17) is 9.47 Å². The van der Waals surface area contributed by atoms with E-state index in [9.17, 15) is 22.4 Å². The van der Waals surface area contributed by atoms with Crippen LogP contribution < -0.4 is 14.8 Å². The Kier molecular flexibility index (Phi) is 7.91. The molecule has 1 aliphatic rings. The van der Waals surface area contributed by atoms with Gasteiger partial charge in [-0.25, -0.2) is 12.8 Å². The number of ether oxygens (including phenoxy) is 2. The van der Waals surface area contributed by atoms with Crippen molar-refractivity contribution in [3.8, 4) is 11.5 Å². The van der Waals surface area contributed by atoms with Gasteiger partial charge >= 0.3 is 0 Å². The molecule has 0 aliphatic carbocycles. The molecule has 0 bridgehead atoms. The first-order valence-corrected chi connectivity index (χ1v) is 12.4. The number of carbonyl (C=O) groups excluding carboxylic acids is 2. The summed E-state index contributed by atoms with van der Waals surface area (Å²) < 4.78 is 47.6. The van der Waals surface area contributed by atoms with Gasteiger partial charge in [0.1, 0.15) is 5.82 Å². The maximum atomic E-state index is 13.1. The molecule has 10 heteroatoms. The van der Waals surface area contributed by atoms with E-state index in [1.54, 1.807) is 11.0 Å². The van der Waals surface area contributed by atoms with Crippen LogP contribution in [-0.4, -0.2) is 62.9 Å². The van der Waals surface area contributed by atoms with Crippen molar-refractivity contribution in [1.29, 1.82) is 0 Å². The highest BCUT2D eigenvalue weighted by atomic mass is 32.2. The first kappa shape index (κ1) is 24.5. The number of sulfone groups is 1. The zero-order valence-corrected chi connectivity index (χ0v) is 19.4. The molecular weight excluding hydrogens is 451 g/mol. The summed E-state index contributed by atoms with van der Waals surface area (Å²) >= 11 is 0. The van der Waals surface area contributed by atoms with E-state index in [-0.39, 0.29) is 41.6 Å². The average Bonchev–Trinajstić information content (AvgIpc) is 3.16. The Morgan fingerprint density at radius 2 is 1.88 bits per heavy atom. The summed E-state index contributed by atoms with van der Waals surface area (Å²) in [5.41, 5.74) is 0.774. The average molecular weight is 479 g/mol. The number of amides is 2. The van der Waals surface area contributed by atoms with Crippen LogP contribution in [0, 0.1) is 5.82 Å². The second-order valence-electron chi connectivity index (χ2n) is 7.76.